The van der Waals surface area contributed by atoms with E-state index in [1.165, 1.54) is 34.0 Å². The SMILES string of the molecule is O=c1oc2cc([S+](=O)(O)Nc3ncns3)ccc2n1Cc1cccc2c1CN(CC(F)(F)F)CC2. The van der Waals surface area contributed by atoms with Crippen molar-refractivity contribution in [3.8, 4) is 0 Å². The molecule has 1 aliphatic rings. The minimum Gasteiger partial charge on any atom is -0.407 e. The van der Waals surface area contributed by atoms with Crippen molar-refractivity contribution >= 4 is 38.2 Å². The van der Waals surface area contributed by atoms with Gasteiger partial charge in [-0.2, -0.15) is 22.1 Å². The molecule has 0 radical (unpaired) electrons. The van der Waals surface area contributed by atoms with Gasteiger partial charge in [-0.15, -0.1) is 4.72 Å². The number of fused-ring (bicyclic) bond motifs is 2. The highest BCUT2D eigenvalue weighted by atomic mass is 32.3. The van der Waals surface area contributed by atoms with Crippen LogP contribution in [0, 0.1) is 0 Å². The molecule has 3 heterocycles. The highest BCUT2D eigenvalue weighted by molar-refractivity contribution is 7.99. The topological polar surface area (TPSA) is 113 Å². The molecule has 1 aliphatic heterocycles. The van der Waals surface area contributed by atoms with Gasteiger partial charge in [0, 0.05) is 36.8 Å². The molecule has 9 nitrogen and oxygen atoms in total. The summed E-state index contributed by atoms with van der Waals surface area (Å²) in [5, 5.41) is 0.157. The zero-order chi connectivity index (χ0) is 24.8. The average Bonchev–Trinajstić information content (AvgIpc) is 3.39. The highest BCUT2D eigenvalue weighted by Crippen LogP contribution is 2.28. The number of anilines is 1. The van der Waals surface area contributed by atoms with Crippen LogP contribution in [0.25, 0.3) is 11.1 Å². The summed E-state index contributed by atoms with van der Waals surface area (Å²) in [6, 6.07) is 9.68. The van der Waals surface area contributed by atoms with Crippen LogP contribution in [0.1, 0.15) is 16.7 Å². The van der Waals surface area contributed by atoms with Crippen molar-refractivity contribution in [2.45, 2.75) is 30.6 Å². The van der Waals surface area contributed by atoms with Gasteiger partial charge in [-0.1, -0.05) is 18.2 Å². The molecule has 1 unspecified atom stereocenters. The molecular weight excluding hydrogens is 507 g/mol. The molecule has 2 aromatic carbocycles. The lowest BCUT2D eigenvalue weighted by Crippen LogP contribution is -2.38. The second-order valence-electron chi connectivity index (χ2n) is 8.09. The fourth-order valence-electron chi connectivity index (χ4n) is 4.18. The quantitative estimate of drug-likeness (QED) is 0.368. The number of rotatable bonds is 6. The van der Waals surface area contributed by atoms with Crippen molar-refractivity contribution < 1.29 is 26.4 Å². The molecule has 184 valence electrons. The van der Waals surface area contributed by atoms with Gasteiger partial charge in [-0.3, -0.25) is 9.47 Å². The van der Waals surface area contributed by atoms with Crippen LogP contribution < -0.4 is 10.5 Å². The van der Waals surface area contributed by atoms with Gasteiger partial charge in [0.25, 0.3) is 0 Å². The van der Waals surface area contributed by atoms with E-state index in [4.69, 9.17) is 4.42 Å². The Labute approximate surface area is 201 Å². The molecule has 0 spiro atoms. The second kappa shape index (κ2) is 8.86. The number of hydrogen-bond donors (Lipinski definition) is 2. The molecule has 1 atom stereocenters. The van der Waals surface area contributed by atoms with E-state index in [1.807, 2.05) is 12.1 Å². The van der Waals surface area contributed by atoms with E-state index >= 15 is 0 Å². The van der Waals surface area contributed by atoms with E-state index in [-0.39, 0.29) is 28.7 Å². The predicted octanol–water partition coefficient (Wildman–Crippen LogP) is 3.77. The van der Waals surface area contributed by atoms with Gasteiger partial charge < -0.3 is 4.42 Å². The molecule has 0 amide bonds. The smallest absolute Gasteiger partial charge is 0.407 e. The van der Waals surface area contributed by atoms with E-state index in [0.717, 1.165) is 22.7 Å². The van der Waals surface area contributed by atoms with Gasteiger partial charge in [0.1, 0.15) is 6.33 Å². The standard InChI is InChI=1S/C21H18F3N5O4S2/c22-21(23,24)11-28-7-6-13-2-1-3-14(16(13)10-28)9-29-17-5-4-15(8-18(17)33-20(29)30)35(31,32)27-19-25-12-26-34-19/h1-5,8,12H,6-7,9-11H2,(H-,25,26,27,31,32)/p+1. The molecule has 0 fully saturated rings. The summed E-state index contributed by atoms with van der Waals surface area (Å²) in [5.74, 6) is -0.681. The van der Waals surface area contributed by atoms with Gasteiger partial charge in [0.15, 0.2) is 5.58 Å². The number of aromatic nitrogens is 3. The number of nitrogens with zero attached hydrogens (tertiary/aromatic N) is 4. The monoisotopic (exact) mass is 526 g/mol. The van der Waals surface area contributed by atoms with Crippen LogP contribution in [0.5, 0.6) is 0 Å². The molecule has 14 heteroatoms. The van der Waals surface area contributed by atoms with Crippen molar-refractivity contribution in [3.63, 3.8) is 0 Å². The van der Waals surface area contributed by atoms with Gasteiger partial charge >= 0.3 is 22.3 Å². The molecule has 2 N–H and O–H groups in total. The number of halogens is 3. The van der Waals surface area contributed by atoms with E-state index in [1.54, 1.807) is 6.07 Å². The number of oxazole rings is 1. The Morgan fingerprint density at radius 2 is 2.09 bits per heavy atom. The number of benzene rings is 2. The fraction of sp³-hybridized carbons (Fsp3) is 0.286. The van der Waals surface area contributed by atoms with Gasteiger partial charge in [0.2, 0.25) is 10.0 Å². The summed E-state index contributed by atoms with van der Waals surface area (Å²) in [4.78, 5) is 17.8. The van der Waals surface area contributed by atoms with E-state index in [0.29, 0.717) is 24.0 Å². The minimum absolute atomic E-state index is 0.0130. The third-order valence-corrected chi connectivity index (χ3v) is 7.80. The lowest BCUT2D eigenvalue weighted by atomic mass is 9.94. The first-order valence-corrected chi connectivity index (χ1v) is 12.7. The maximum Gasteiger partial charge on any atom is 0.420 e. The minimum atomic E-state index is -4.29. The van der Waals surface area contributed by atoms with Gasteiger partial charge in [-0.05, 0) is 33.4 Å². The Balaban J connectivity index is 1.45. The molecule has 35 heavy (non-hydrogen) atoms. The van der Waals surface area contributed by atoms with Crippen molar-refractivity contribution in [3.05, 3.63) is 70.0 Å². The van der Waals surface area contributed by atoms with Crippen molar-refractivity contribution in [2.75, 3.05) is 17.8 Å². The van der Waals surface area contributed by atoms with Crippen molar-refractivity contribution in [2.24, 2.45) is 0 Å². The van der Waals surface area contributed by atoms with Gasteiger partial charge in [-0.25, -0.2) is 9.78 Å². The van der Waals surface area contributed by atoms with Crippen LogP contribution in [-0.4, -0.2) is 42.6 Å². The van der Waals surface area contributed by atoms with E-state index < -0.39 is 28.9 Å². The third kappa shape index (κ3) is 5.00. The molecule has 0 bridgehead atoms. The third-order valence-electron chi connectivity index (χ3n) is 5.73. The molecule has 4 aromatic rings. The zero-order valence-corrected chi connectivity index (χ0v) is 19.6. The predicted molar refractivity (Wildman–Crippen MR) is 124 cm³/mol. The van der Waals surface area contributed by atoms with Crippen LogP contribution in [0.4, 0.5) is 18.3 Å². The summed E-state index contributed by atoms with van der Waals surface area (Å²) < 4.78 is 74.8. The number of nitrogens with one attached hydrogen (secondary N) is 1. The highest BCUT2D eigenvalue weighted by Gasteiger charge is 2.33. The Kier molecular flexibility index (Phi) is 5.99. The number of alkyl halides is 3. The summed E-state index contributed by atoms with van der Waals surface area (Å²) >= 11 is 0.915. The van der Waals surface area contributed by atoms with Crippen LogP contribution >= 0.6 is 11.5 Å². The lowest BCUT2D eigenvalue weighted by molar-refractivity contribution is -0.147. The zero-order valence-electron chi connectivity index (χ0n) is 18.0. The maximum atomic E-state index is 12.9. The lowest BCUT2D eigenvalue weighted by Gasteiger charge is -2.30. The largest absolute Gasteiger partial charge is 0.420 e. The summed E-state index contributed by atoms with van der Waals surface area (Å²) in [6.07, 6.45) is -2.57. The van der Waals surface area contributed by atoms with Crippen LogP contribution in [0.3, 0.4) is 0 Å². The Morgan fingerprint density at radius 3 is 2.83 bits per heavy atom. The van der Waals surface area contributed by atoms with Crippen LogP contribution in [0.2, 0.25) is 0 Å². The normalized spacial score (nSPS) is 16.2. The van der Waals surface area contributed by atoms with E-state index in [2.05, 4.69) is 14.1 Å². The summed E-state index contributed by atoms with van der Waals surface area (Å²) in [6.45, 7) is -0.474. The summed E-state index contributed by atoms with van der Waals surface area (Å²) in [5.41, 5.74) is 2.93. The Morgan fingerprint density at radius 1 is 1.26 bits per heavy atom. The second-order valence-corrected chi connectivity index (χ2v) is 10.6. The van der Waals surface area contributed by atoms with E-state index in [9.17, 15) is 26.7 Å². The number of hydrogen-bond acceptors (Lipinski definition) is 7. The van der Waals surface area contributed by atoms with Crippen molar-refractivity contribution in [1.29, 1.82) is 0 Å². The Bertz CT molecular complexity index is 1480. The first kappa shape index (κ1) is 23.7. The first-order chi connectivity index (χ1) is 16.6. The first-order valence-electron chi connectivity index (χ1n) is 10.4. The fourth-order valence-corrected chi connectivity index (χ4v) is 5.88. The molecule has 0 aliphatic carbocycles. The van der Waals surface area contributed by atoms with Crippen LogP contribution in [-0.2, 0) is 34.1 Å². The van der Waals surface area contributed by atoms with Crippen molar-refractivity contribution in [1.82, 2.24) is 18.8 Å². The Hall–Kier alpha value is -3.07. The molecular formula is C21H19F3N5O4S2+. The molecule has 0 saturated heterocycles. The molecule has 0 saturated carbocycles. The average molecular weight is 527 g/mol. The molecule has 5 rings (SSSR count). The summed E-state index contributed by atoms with van der Waals surface area (Å²) in [7, 11) is -3.73. The molecule has 2 aromatic heterocycles. The maximum absolute atomic E-state index is 12.9. The van der Waals surface area contributed by atoms with Crippen LogP contribution in [0.15, 0.2) is 56.8 Å². The van der Waals surface area contributed by atoms with Gasteiger partial charge in [0.05, 0.1) is 18.6 Å².